The van der Waals surface area contributed by atoms with Gasteiger partial charge in [-0.05, 0) is 43.5 Å². The molecule has 152 valence electrons. The summed E-state index contributed by atoms with van der Waals surface area (Å²) in [6, 6.07) is 15.3. The predicted molar refractivity (Wildman–Crippen MR) is 119 cm³/mol. The van der Waals surface area contributed by atoms with Crippen molar-refractivity contribution in [2.45, 2.75) is 51.2 Å². The molecule has 1 aromatic heterocycles. The van der Waals surface area contributed by atoms with Crippen molar-refractivity contribution >= 4 is 28.6 Å². The largest absolute Gasteiger partial charge is 0.350 e. The van der Waals surface area contributed by atoms with Gasteiger partial charge in [-0.15, -0.1) is 0 Å². The first kappa shape index (κ1) is 21.1. The van der Waals surface area contributed by atoms with Gasteiger partial charge in [0.2, 0.25) is 0 Å². The van der Waals surface area contributed by atoms with Crippen LogP contribution in [-0.2, 0) is 12.3 Å². The highest BCUT2D eigenvalue weighted by atomic mass is 32.2. The van der Waals surface area contributed by atoms with Gasteiger partial charge in [-0.2, -0.15) is 0 Å². The van der Waals surface area contributed by atoms with Gasteiger partial charge in [0, 0.05) is 23.9 Å². The molecule has 5 nitrogen and oxygen atoms in total. The molecular weight excluding hydrogens is 382 g/mol. The molecule has 3 rings (SSSR count). The molecule has 0 fully saturated rings. The minimum Gasteiger partial charge on any atom is -0.350 e. The van der Waals surface area contributed by atoms with E-state index in [4.69, 9.17) is 4.98 Å². The maximum absolute atomic E-state index is 13.2. The van der Waals surface area contributed by atoms with Crippen molar-refractivity contribution < 1.29 is 4.79 Å². The molecule has 1 amide bonds. The molecule has 0 saturated carbocycles. The van der Waals surface area contributed by atoms with E-state index in [0.717, 1.165) is 5.75 Å². The van der Waals surface area contributed by atoms with Crippen LogP contribution in [0.4, 0.5) is 0 Å². The van der Waals surface area contributed by atoms with E-state index < -0.39 is 0 Å². The zero-order valence-electron chi connectivity index (χ0n) is 17.3. The number of nitrogens with zero attached hydrogens (tertiary/aromatic N) is 2. The van der Waals surface area contributed by atoms with Gasteiger partial charge in [0.25, 0.3) is 11.5 Å². The van der Waals surface area contributed by atoms with Crippen LogP contribution in [0.3, 0.4) is 0 Å². The van der Waals surface area contributed by atoms with Crippen LogP contribution >= 0.6 is 11.8 Å². The Morgan fingerprint density at radius 1 is 1.10 bits per heavy atom. The maximum Gasteiger partial charge on any atom is 0.262 e. The number of carbonyl (C=O) groups is 1. The highest BCUT2D eigenvalue weighted by molar-refractivity contribution is 7.98. The Morgan fingerprint density at radius 2 is 1.83 bits per heavy atom. The summed E-state index contributed by atoms with van der Waals surface area (Å²) >= 11 is 1.55. The number of hydrogen-bond donors (Lipinski definition) is 1. The zero-order chi connectivity index (χ0) is 21.0. The second-order valence-electron chi connectivity index (χ2n) is 7.84. The van der Waals surface area contributed by atoms with Gasteiger partial charge in [0.05, 0.1) is 10.9 Å². The van der Waals surface area contributed by atoms with Gasteiger partial charge in [-0.3, -0.25) is 14.2 Å². The molecule has 0 aliphatic heterocycles. The summed E-state index contributed by atoms with van der Waals surface area (Å²) in [5.74, 6) is 0.886. The Labute approximate surface area is 175 Å². The molecular formula is C23H27N3O2S. The molecule has 0 aliphatic rings. The van der Waals surface area contributed by atoms with Crippen molar-refractivity contribution in [1.82, 2.24) is 14.9 Å². The van der Waals surface area contributed by atoms with Crippen LogP contribution in [0.15, 0.2) is 58.5 Å². The molecule has 0 saturated heterocycles. The molecule has 3 aromatic rings. The van der Waals surface area contributed by atoms with E-state index in [9.17, 15) is 9.59 Å². The van der Waals surface area contributed by atoms with Crippen molar-refractivity contribution in [2.24, 2.45) is 5.92 Å². The highest BCUT2D eigenvalue weighted by Gasteiger charge is 2.15. The van der Waals surface area contributed by atoms with Gasteiger partial charge >= 0.3 is 0 Å². The van der Waals surface area contributed by atoms with E-state index in [2.05, 4.69) is 31.3 Å². The number of rotatable bonds is 7. The molecule has 2 aromatic carbocycles. The second kappa shape index (κ2) is 9.27. The van der Waals surface area contributed by atoms with E-state index in [1.807, 2.05) is 32.0 Å². The fraction of sp³-hybridized carbons (Fsp3) is 0.348. The number of amides is 1. The van der Waals surface area contributed by atoms with Crippen LogP contribution in [0.2, 0.25) is 0 Å². The molecule has 1 heterocycles. The number of aromatic nitrogens is 2. The number of fused-ring (bicyclic) bond motifs is 1. The maximum atomic E-state index is 13.2. The first-order valence-corrected chi connectivity index (χ1v) is 10.9. The Morgan fingerprint density at radius 3 is 2.48 bits per heavy atom. The van der Waals surface area contributed by atoms with Gasteiger partial charge in [-0.1, -0.05) is 55.9 Å². The monoisotopic (exact) mass is 409 g/mol. The van der Waals surface area contributed by atoms with Crippen molar-refractivity contribution in [3.63, 3.8) is 0 Å². The lowest BCUT2D eigenvalue weighted by atomic mass is 10.1. The number of nitrogens with one attached hydrogen (secondary N) is 1. The van der Waals surface area contributed by atoms with Crippen LogP contribution in [0.25, 0.3) is 10.9 Å². The molecule has 0 bridgehead atoms. The van der Waals surface area contributed by atoms with Gasteiger partial charge < -0.3 is 5.32 Å². The van der Waals surface area contributed by atoms with Gasteiger partial charge in [-0.25, -0.2) is 4.98 Å². The molecule has 0 radical (unpaired) electrons. The molecule has 0 unspecified atom stereocenters. The SMILES string of the molecule is CC(C)Cn1c(SCc2ccccc2)nc2cc(C(=O)NC(C)C)ccc2c1=O. The summed E-state index contributed by atoms with van der Waals surface area (Å²) in [7, 11) is 0. The molecule has 0 spiro atoms. The van der Waals surface area contributed by atoms with Crippen molar-refractivity contribution in [2.75, 3.05) is 0 Å². The summed E-state index contributed by atoms with van der Waals surface area (Å²) in [5, 5.41) is 4.10. The summed E-state index contributed by atoms with van der Waals surface area (Å²) in [6.07, 6.45) is 0. The summed E-state index contributed by atoms with van der Waals surface area (Å²) < 4.78 is 1.76. The van der Waals surface area contributed by atoms with Crippen molar-refractivity contribution in [3.8, 4) is 0 Å². The molecule has 0 aliphatic carbocycles. The third-order valence-corrected chi connectivity index (χ3v) is 5.41. The van der Waals surface area contributed by atoms with E-state index in [1.165, 1.54) is 5.56 Å². The average Bonchev–Trinajstić information content (AvgIpc) is 2.68. The number of hydrogen-bond acceptors (Lipinski definition) is 4. The normalized spacial score (nSPS) is 11.4. The van der Waals surface area contributed by atoms with Gasteiger partial charge in [0.1, 0.15) is 0 Å². The standard InChI is InChI=1S/C23H27N3O2S/c1-15(2)13-26-22(28)19-11-10-18(21(27)24-16(3)4)12-20(19)25-23(26)29-14-17-8-6-5-7-9-17/h5-12,15-16H,13-14H2,1-4H3,(H,24,27). The minimum absolute atomic E-state index is 0.0437. The fourth-order valence-corrected chi connectivity index (χ4v) is 4.01. The first-order chi connectivity index (χ1) is 13.8. The summed E-state index contributed by atoms with van der Waals surface area (Å²) in [4.78, 5) is 30.3. The second-order valence-corrected chi connectivity index (χ2v) is 8.78. The Balaban J connectivity index is 2.03. The summed E-state index contributed by atoms with van der Waals surface area (Å²) in [5.41, 5.74) is 2.18. The average molecular weight is 410 g/mol. The van der Waals surface area contributed by atoms with Gasteiger partial charge in [0.15, 0.2) is 5.16 Å². The van der Waals surface area contributed by atoms with Crippen LogP contribution in [0, 0.1) is 5.92 Å². The topological polar surface area (TPSA) is 64.0 Å². The number of carbonyl (C=O) groups excluding carboxylic acids is 1. The number of thioether (sulfide) groups is 1. The summed E-state index contributed by atoms with van der Waals surface area (Å²) in [6.45, 7) is 8.61. The minimum atomic E-state index is -0.159. The van der Waals surface area contributed by atoms with E-state index in [0.29, 0.717) is 34.1 Å². The third-order valence-electron chi connectivity index (χ3n) is 4.36. The van der Waals surface area contributed by atoms with E-state index in [-0.39, 0.29) is 17.5 Å². The molecule has 29 heavy (non-hydrogen) atoms. The zero-order valence-corrected chi connectivity index (χ0v) is 18.1. The van der Waals surface area contributed by atoms with Crippen LogP contribution < -0.4 is 10.9 Å². The van der Waals surface area contributed by atoms with Crippen LogP contribution in [0.1, 0.15) is 43.6 Å². The van der Waals surface area contributed by atoms with Crippen LogP contribution in [-0.4, -0.2) is 21.5 Å². The molecule has 1 N–H and O–H groups in total. The lowest BCUT2D eigenvalue weighted by Crippen LogP contribution is -2.30. The van der Waals surface area contributed by atoms with Crippen LogP contribution in [0.5, 0.6) is 0 Å². The number of benzene rings is 2. The highest BCUT2D eigenvalue weighted by Crippen LogP contribution is 2.23. The predicted octanol–water partition coefficient (Wildman–Crippen LogP) is 4.48. The van der Waals surface area contributed by atoms with E-state index >= 15 is 0 Å². The van der Waals surface area contributed by atoms with E-state index in [1.54, 1.807) is 34.5 Å². The third kappa shape index (κ3) is 5.26. The molecule has 0 atom stereocenters. The Kier molecular flexibility index (Phi) is 6.75. The van der Waals surface area contributed by atoms with Crippen molar-refractivity contribution in [3.05, 3.63) is 70.0 Å². The lowest BCUT2D eigenvalue weighted by molar-refractivity contribution is 0.0943. The lowest BCUT2D eigenvalue weighted by Gasteiger charge is -2.15. The Hall–Kier alpha value is -2.60. The Bertz CT molecular complexity index is 1060. The van der Waals surface area contributed by atoms with Crippen molar-refractivity contribution in [1.29, 1.82) is 0 Å². The molecule has 6 heteroatoms. The quantitative estimate of drug-likeness (QED) is 0.461. The first-order valence-electron chi connectivity index (χ1n) is 9.87. The smallest absolute Gasteiger partial charge is 0.262 e. The fourth-order valence-electron chi connectivity index (χ4n) is 3.05.